The van der Waals surface area contributed by atoms with Crippen molar-refractivity contribution in [2.24, 2.45) is 0 Å². The molecule has 0 atom stereocenters. The molecule has 3 rings (SSSR count). The summed E-state index contributed by atoms with van der Waals surface area (Å²) in [5, 5.41) is 3.12. The maximum absolute atomic E-state index is 13.7. The zero-order valence-corrected chi connectivity index (χ0v) is 11.1. The summed E-state index contributed by atoms with van der Waals surface area (Å²) >= 11 is 0. The van der Waals surface area contributed by atoms with Gasteiger partial charge in [-0.05, 0) is 37.8 Å². The first-order valence-electron chi connectivity index (χ1n) is 6.53. The standard InChI is InChI=1S/C15H16FN3/c1-9-6-7-10(8-12(9)16)14-18-13-5-3-4-11(13)15(17-2)19-14/h6-8H,3-5H2,1-2H3,(H,17,18,19). The molecule has 0 spiro atoms. The molecular weight excluding hydrogens is 241 g/mol. The van der Waals surface area contributed by atoms with E-state index in [2.05, 4.69) is 15.3 Å². The van der Waals surface area contributed by atoms with Crippen molar-refractivity contribution in [1.82, 2.24) is 9.97 Å². The smallest absolute Gasteiger partial charge is 0.161 e. The number of halogens is 1. The fourth-order valence-corrected chi connectivity index (χ4v) is 2.50. The Kier molecular flexibility index (Phi) is 2.93. The van der Waals surface area contributed by atoms with Gasteiger partial charge in [-0.3, -0.25) is 0 Å². The van der Waals surface area contributed by atoms with Gasteiger partial charge in [-0.2, -0.15) is 0 Å². The lowest BCUT2D eigenvalue weighted by molar-refractivity contribution is 0.619. The first kappa shape index (κ1) is 12.1. The fourth-order valence-electron chi connectivity index (χ4n) is 2.50. The van der Waals surface area contributed by atoms with Crippen LogP contribution >= 0.6 is 0 Å². The van der Waals surface area contributed by atoms with Crippen LogP contribution in [0, 0.1) is 12.7 Å². The first-order valence-corrected chi connectivity index (χ1v) is 6.53. The maximum atomic E-state index is 13.7. The van der Waals surface area contributed by atoms with Gasteiger partial charge in [-0.15, -0.1) is 0 Å². The molecule has 1 N–H and O–H groups in total. The van der Waals surface area contributed by atoms with Gasteiger partial charge in [0.15, 0.2) is 5.82 Å². The third kappa shape index (κ3) is 2.07. The van der Waals surface area contributed by atoms with Gasteiger partial charge in [0.25, 0.3) is 0 Å². The molecule has 1 aliphatic carbocycles. The summed E-state index contributed by atoms with van der Waals surface area (Å²) in [5.41, 5.74) is 3.67. The molecule has 4 heteroatoms. The normalized spacial score (nSPS) is 13.4. The van der Waals surface area contributed by atoms with Crippen molar-refractivity contribution in [3.63, 3.8) is 0 Å². The maximum Gasteiger partial charge on any atom is 0.161 e. The van der Waals surface area contributed by atoms with Crippen molar-refractivity contribution in [3.8, 4) is 11.4 Å². The summed E-state index contributed by atoms with van der Waals surface area (Å²) in [6.07, 6.45) is 3.12. The SMILES string of the molecule is CNc1nc(-c2ccc(C)c(F)c2)nc2c1CCC2. The summed E-state index contributed by atoms with van der Waals surface area (Å²) < 4.78 is 13.7. The molecule has 1 heterocycles. The summed E-state index contributed by atoms with van der Waals surface area (Å²) in [6, 6.07) is 5.14. The van der Waals surface area contributed by atoms with E-state index in [1.807, 2.05) is 13.1 Å². The molecule has 0 aliphatic heterocycles. The zero-order chi connectivity index (χ0) is 13.4. The average molecular weight is 257 g/mol. The quantitative estimate of drug-likeness (QED) is 0.898. The second-order valence-corrected chi connectivity index (χ2v) is 4.89. The molecule has 98 valence electrons. The molecule has 0 unspecified atom stereocenters. The minimum Gasteiger partial charge on any atom is -0.373 e. The number of benzene rings is 1. The minimum absolute atomic E-state index is 0.215. The van der Waals surface area contributed by atoms with E-state index in [0.717, 1.165) is 36.3 Å². The molecule has 1 aromatic carbocycles. The largest absolute Gasteiger partial charge is 0.373 e. The Hall–Kier alpha value is -1.97. The third-order valence-corrected chi connectivity index (χ3v) is 3.60. The predicted molar refractivity (Wildman–Crippen MR) is 73.7 cm³/mol. The number of fused-ring (bicyclic) bond motifs is 1. The van der Waals surface area contributed by atoms with E-state index < -0.39 is 0 Å². The van der Waals surface area contributed by atoms with E-state index in [1.54, 1.807) is 13.0 Å². The van der Waals surface area contributed by atoms with E-state index in [-0.39, 0.29) is 5.82 Å². The van der Waals surface area contributed by atoms with Gasteiger partial charge in [0.05, 0.1) is 0 Å². The Labute approximate surface area is 111 Å². The van der Waals surface area contributed by atoms with Crippen LogP contribution in [-0.2, 0) is 12.8 Å². The Morgan fingerprint density at radius 1 is 1.21 bits per heavy atom. The van der Waals surface area contributed by atoms with E-state index in [1.165, 1.54) is 11.6 Å². The molecule has 0 bridgehead atoms. The monoisotopic (exact) mass is 257 g/mol. The number of nitrogens with zero attached hydrogens (tertiary/aromatic N) is 2. The molecule has 19 heavy (non-hydrogen) atoms. The number of nitrogens with one attached hydrogen (secondary N) is 1. The zero-order valence-electron chi connectivity index (χ0n) is 11.1. The van der Waals surface area contributed by atoms with Crippen LogP contribution in [0.3, 0.4) is 0 Å². The van der Waals surface area contributed by atoms with Crippen LogP contribution in [0.25, 0.3) is 11.4 Å². The van der Waals surface area contributed by atoms with Gasteiger partial charge in [-0.25, -0.2) is 14.4 Å². The number of hydrogen-bond acceptors (Lipinski definition) is 3. The Bertz CT molecular complexity index is 638. The molecule has 0 saturated heterocycles. The highest BCUT2D eigenvalue weighted by molar-refractivity contribution is 5.61. The molecule has 0 fully saturated rings. The molecule has 0 saturated carbocycles. The van der Waals surface area contributed by atoms with Crippen molar-refractivity contribution >= 4 is 5.82 Å². The van der Waals surface area contributed by atoms with Crippen LogP contribution < -0.4 is 5.32 Å². The molecule has 1 aliphatic rings. The van der Waals surface area contributed by atoms with Crippen LogP contribution in [0.4, 0.5) is 10.2 Å². The number of hydrogen-bond donors (Lipinski definition) is 1. The summed E-state index contributed by atoms with van der Waals surface area (Å²) in [4.78, 5) is 9.10. The Morgan fingerprint density at radius 3 is 2.79 bits per heavy atom. The van der Waals surface area contributed by atoms with Gasteiger partial charge >= 0.3 is 0 Å². The molecule has 2 aromatic rings. The van der Waals surface area contributed by atoms with Crippen molar-refractivity contribution in [2.45, 2.75) is 26.2 Å². The van der Waals surface area contributed by atoms with E-state index in [4.69, 9.17) is 0 Å². The van der Waals surface area contributed by atoms with Crippen molar-refractivity contribution in [2.75, 3.05) is 12.4 Å². The van der Waals surface area contributed by atoms with Gasteiger partial charge < -0.3 is 5.32 Å². The first-order chi connectivity index (χ1) is 9.19. The Balaban J connectivity index is 2.12. The topological polar surface area (TPSA) is 37.8 Å². The molecule has 0 radical (unpaired) electrons. The van der Waals surface area contributed by atoms with Crippen molar-refractivity contribution in [3.05, 3.63) is 40.8 Å². The lowest BCUT2D eigenvalue weighted by atomic mass is 10.1. The van der Waals surface area contributed by atoms with Gasteiger partial charge in [0.1, 0.15) is 11.6 Å². The number of aromatic nitrogens is 2. The number of anilines is 1. The highest BCUT2D eigenvalue weighted by atomic mass is 19.1. The highest BCUT2D eigenvalue weighted by Gasteiger charge is 2.19. The average Bonchev–Trinajstić information content (AvgIpc) is 2.89. The predicted octanol–water partition coefficient (Wildman–Crippen LogP) is 3.12. The second kappa shape index (κ2) is 4.61. The number of aryl methyl sites for hydroxylation is 2. The summed E-state index contributed by atoms with van der Waals surface area (Å²) in [5.74, 6) is 1.26. The molecule has 3 nitrogen and oxygen atoms in total. The second-order valence-electron chi connectivity index (χ2n) is 4.89. The van der Waals surface area contributed by atoms with Crippen LogP contribution in [0.15, 0.2) is 18.2 Å². The van der Waals surface area contributed by atoms with Crippen LogP contribution in [-0.4, -0.2) is 17.0 Å². The van der Waals surface area contributed by atoms with Crippen molar-refractivity contribution in [1.29, 1.82) is 0 Å². The van der Waals surface area contributed by atoms with E-state index in [9.17, 15) is 4.39 Å². The Morgan fingerprint density at radius 2 is 2.05 bits per heavy atom. The van der Waals surface area contributed by atoms with E-state index in [0.29, 0.717) is 11.4 Å². The lowest BCUT2D eigenvalue weighted by Crippen LogP contribution is -2.03. The van der Waals surface area contributed by atoms with Crippen molar-refractivity contribution < 1.29 is 4.39 Å². The molecule has 1 aromatic heterocycles. The van der Waals surface area contributed by atoms with Crippen LogP contribution in [0.1, 0.15) is 23.2 Å². The van der Waals surface area contributed by atoms with E-state index >= 15 is 0 Å². The lowest BCUT2D eigenvalue weighted by Gasteiger charge is -2.10. The number of rotatable bonds is 2. The van der Waals surface area contributed by atoms with Crippen LogP contribution in [0.5, 0.6) is 0 Å². The third-order valence-electron chi connectivity index (χ3n) is 3.60. The molecule has 0 amide bonds. The minimum atomic E-state index is -0.215. The van der Waals surface area contributed by atoms with Gasteiger partial charge in [0.2, 0.25) is 0 Å². The van der Waals surface area contributed by atoms with Gasteiger partial charge in [0, 0.05) is 23.9 Å². The van der Waals surface area contributed by atoms with Gasteiger partial charge in [-0.1, -0.05) is 12.1 Å². The fraction of sp³-hybridized carbons (Fsp3) is 0.333. The summed E-state index contributed by atoms with van der Waals surface area (Å²) in [6.45, 7) is 1.75. The van der Waals surface area contributed by atoms with Crippen LogP contribution in [0.2, 0.25) is 0 Å². The summed E-state index contributed by atoms with van der Waals surface area (Å²) in [7, 11) is 1.86. The highest BCUT2D eigenvalue weighted by Crippen LogP contribution is 2.29. The molecular formula is C15H16FN3.